The van der Waals surface area contributed by atoms with Gasteiger partial charge in [-0.15, -0.1) is 0 Å². The minimum atomic E-state index is -3.89. The number of carbonyl (C=O) groups excluding carboxylic acids is 1. The molecule has 0 saturated carbocycles. The summed E-state index contributed by atoms with van der Waals surface area (Å²) < 4.78 is 29.8. The summed E-state index contributed by atoms with van der Waals surface area (Å²) in [5.74, 6) is -0.472. The molecule has 0 fully saturated rings. The molecule has 170 valence electrons. The van der Waals surface area contributed by atoms with Crippen LogP contribution in [0.1, 0.15) is 34.3 Å². The third kappa shape index (κ3) is 5.20. The third-order valence-corrected chi connectivity index (χ3v) is 8.31. The average Bonchev–Trinajstić information content (AvgIpc) is 3.08. The molecule has 0 aliphatic carbocycles. The fourth-order valence-corrected chi connectivity index (χ4v) is 5.80. The van der Waals surface area contributed by atoms with E-state index in [9.17, 15) is 13.2 Å². The van der Waals surface area contributed by atoms with Crippen LogP contribution in [0.2, 0.25) is 0 Å². The lowest BCUT2D eigenvalue weighted by Crippen LogP contribution is -2.32. The van der Waals surface area contributed by atoms with E-state index in [1.807, 2.05) is 37.6 Å². The van der Waals surface area contributed by atoms with Gasteiger partial charge in [0.15, 0.2) is 4.80 Å². The number of thiazole rings is 1. The summed E-state index contributed by atoms with van der Waals surface area (Å²) in [7, 11) is -2.04. The highest BCUT2D eigenvalue weighted by molar-refractivity contribution is 7.89. The van der Waals surface area contributed by atoms with Crippen LogP contribution >= 0.6 is 11.3 Å². The third-order valence-electron chi connectivity index (χ3n) is 5.31. The Labute approximate surface area is 196 Å². The number of benzene rings is 2. The number of hydrogen-bond donors (Lipinski definition) is 0. The van der Waals surface area contributed by atoms with E-state index in [1.165, 1.54) is 35.6 Å². The number of aryl methyl sites for hydroxylation is 3. The summed E-state index contributed by atoms with van der Waals surface area (Å²) in [6, 6.07) is 13.5. The monoisotopic (exact) mass is 481 g/mol. The van der Waals surface area contributed by atoms with Gasteiger partial charge in [-0.3, -0.25) is 4.79 Å². The van der Waals surface area contributed by atoms with E-state index in [0.717, 1.165) is 25.6 Å². The molecular formula is C23H23N5O3S2. The summed E-state index contributed by atoms with van der Waals surface area (Å²) in [4.78, 5) is 17.5. The van der Waals surface area contributed by atoms with Gasteiger partial charge in [0.2, 0.25) is 10.0 Å². The highest BCUT2D eigenvalue weighted by atomic mass is 32.2. The molecule has 1 heterocycles. The maximum Gasteiger partial charge on any atom is 0.279 e. The lowest BCUT2D eigenvalue weighted by molar-refractivity contribution is 0.0998. The minimum Gasteiger partial charge on any atom is -0.319 e. The van der Waals surface area contributed by atoms with Gasteiger partial charge < -0.3 is 4.57 Å². The number of fused-ring (bicyclic) bond motifs is 1. The van der Waals surface area contributed by atoms with Crippen molar-refractivity contribution < 1.29 is 13.2 Å². The van der Waals surface area contributed by atoms with E-state index in [-0.39, 0.29) is 36.4 Å². The topological polar surface area (TPSA) is 119 Å². The van der Waals surface area contributed by atoms with Crippen molar-refractivity contribution in [2.45, 2.75) is 31.6 Å². The Morgan fingerprint density at radius 3 is 2.21 bits per heavy atom. The van der Waals surface area contributed by atoms with Crippen molar-refractivity contribution in [3.05, 3.63) is 57.9 Å². The van der Waals surface area contributed by atoms with Crippen LogP contribution in [0.4, 0.5) is 0 Å². The molecule has 10 heteroatoms. The first kappa shape index (κ1) is 24.3. The Kier molecular flexibility index (Phi) is 7.44. The molecule has 0 unspecified atom stereocenters. The molecule has 1 aromatic heterocycles. The number of nitriles is 2. The maximum atomic E-state index is 12.9. The number of hydrogen-bond acceptors (Lipinski definition) is 6. The molecule has 2 aromatic carbocycles. The zero-order valence-corrected chi connectivity index (χ0v) is 20.2. The molecule has 3 aromatic rings. The lowest BCUT2D eigenvalue weighted by atomic mass is 10.1. The summed E-state index contributed by atoms with van der Waals surface area (Å²) in [5.41, 5.74) is 3.58. The highest BCUT2D eigenvalue weighted by Gasteiger charge is 2.24. The smallest absolute Gasteiger partial charge is 0.279 e. The van der Waals surface area contributed by atoms with Crippen LogP contribution in [-0.4, -0.2) is 36.3 Å². The van der Waals surface area contributed by atoms with Gasteiger partial charge in [0.05, 0.1) is 27.3 Å². The van der Waals surface area contributed by atoms with E-state index >= 15 is 0 Å². The molecule has 33 heavy (non-hydrogen) atoms. The summed E-state index contributed by atoms with van der Waals surface area (Å²) in [6.07, 6.45) is 0.0384. The van der Waals surface area contributed by atoms with Gasteiger partial charge in [-0.2, -0.15) is 19.8 Å². The largest absolute Gasteiger partial charge is 0.319 e. The standard InChI is InChI=1S/C23H23N5O3S2/c1-16-14-20-21(15-17(16)2)32-23(27(20)3)26-22(29)18-6-8-19(9-7-18)33(30,31)28(12-4-10-24)13-5-11-25/h6-9,14-15H,4-5,12-13H2,1-3H3. The Hall–Kier alpha value is -3.31. The summed E-state index contributed by atoms with van der Waals surface area (Å²) in [5, 5.41) is 17.6. The molecule has 0 saturated heterocycles. The number of nitrogens with zero attached hydrogens (tertiary/aromatic N) is 5. The molecule has 0 aliphatic rings. The second-order valence-corrected chi connectivity index (χ2v) is 10.5. The van der Waals surface area contributed by atoms with Gasteiger partial charge in [-0.25, -0.2) is 8.42 Å². The lowest BCUT2D eigenvalue weighted by Gasteiger charge is -2.20. The first-order valence-corrected chi connectivity index (χ1v) is 12.4. The predicted octanol–water partition coefficient (Wildman–Crippen LogP) is 3.42. The fraction of sp³-hybridized carbons (Fsp3) is 0.304. The zero-order chi connectivity index (χ0) is 24.2. The van der Waals surface area contributed by atoms with E-state index in [2.05, 4.69) is 17.1 Å². The van der Waals surface area contributed by atoms with Gasteiger partial charge in [-0.1, -0.05) is 11.3 Å². The first-order chi connectivity index (χ1) is 15.7. The average molecular weight is 482 g/mol. The van der Waals surface area contributed by atoms with Gasteiger partial charge in [0.25, 0.3) is 5.91 Å². The SMILES string of the molecule is Cc1cc2sc(=NC(=O)c3ccc(S(=O)(=O)N(CCC#N)CCC#N)cc3)n(C)c2cc1C. The Balaban J connectivity index is 1.90. The van der Waals surface area contributed by atoms with Crippen LogP contribution in [0.3, 0.4) is 0 Å². The fourth-order valence-electron chi connectivity index (χ4n) is 3.26. The van der Waals surface area contributed by atoms with Crippen molar-refractivity contribution in [2.75, 3.05) is 13.1 Å². The van der Waals surface area contributed by atoms with Crippen LogP contribution < -0.4 is 4.80 Å². The van der Waals surface area contributed by atoms with Crippen LogP contribution in [0.5, 0.6) is 0 Å². The molecule has 0 N–H and O–H groups in total. The van der Waals surface area contributed by atoms with E-state index in [1.54, 1.807) is 0 Å². The van der Waals surface area contributed by atoms with Gasteiger partial charge in [-0.05, 0) is 61.4 Å². The quantitative estimate of drug-likeness (QED) is 0.512. The van der Waals surface area contributed by atoms with Crippen molar-refractivity contribution in [1.82, 2.24) is 8.87 Å². The molecule has 8 nitrogen and oxygen atoms in total. The van der Waals surface area contributed by atoms with Crippen LogP contribution in [-0.2, 0) is 17.1 Å². The van der Waals surface area contributed by atoms with Crippen molar-refractivity contribution in [1.29, 1.82) is 10.5 Å². The molecule has 0 aliphatic heterocycles. The zero-order valence-electron chi connectivity index (χ0n) is 18.6. The number of rotatable bonds is 7. The number of amides is 1. The Bertz CT molecular complexity index is 1440. The van der Waals surface area contributed by atoms with Crippen molar-refractivity contribution >= 4 is 37.5 Å². The number of carbonyl (C=O) groups is 1. The first-order valence-electron chi connectivity index (χ1n) is 10.2. The molecule has 0 spiro atoms. The van der Waals surface area contributed by atoms with Crippen molar-refractivity contribution in [2.24, 2.45) is 12.0 Å². The molecule has 0 bridgehead atoms. The van der Waals surface area contributed by atoms with Crippen molar-refractivity contribution in [3.8, 4) is 12.1 Å². The van der Waals surface area contributed by atoms with Crippen LogP contribution in [0.25, 0.3) is 10.2 Å². The second-order valence-electron chi connectivity index (χ2n) is 7.51. The van der Waals surface area contributed by atoms with Crippen LogP contribution in [0.15, 0.2) is 46.3 Å². The second kappa shape index (κ2) is 10.1. The maximum absolute atomic E-state index is 12.9. The Morgan fingerprint density at radius 2 is 1.64 bits per heavy atom. The molecule has 1 amide bonds. The number of sulfonamides is 1. The van der Waals surface area contributed by atoms with Gasteiger partial charge >= 0.3 is 0 Å². The van der Waals surface area contributed by atoms with Crippen LogP contribution in [0, 0.1) is 36.5 Å². The molecule has 0 radical (unpaired) electrons. The normalized spacial score (nSPS) is 12.1. The van der Waals surface area contributed by atoms with Gasteiger partial charge in [0.1, 0.15) is 0 Å². The predicted molar refractivity (Wildman–Crippen MR) is 126 cm³/mol. The van der Waals surface area contributed by atoms with E-state index < -0.39 is 15.9 Å². The highest BCUT2D eigenvalue weighted by Crippen LogP contribution is 2.22. The van der Waals surface area contributed by atoms with E-state index in [4.69, 9.17) is 10.5 Å². The molecule has 0 atom stereocenters. The van der Waals surface area contributed by atoms with Crippen molar-refractivity contribution in [3.63, 3.8) is 0 Å². The Morgan fingerprint density at radius 1 is 1.06 bits per heavy atom. The molecule has 3 rings (SSSR count). The summed E-state index contributed by atoms with van der Waals surface area (Å²) in [6.45, 7) is 4.06. The minimum absolute atomic E-state index is 0.00207. The molecular weight excluding hydrogens is 458 g/mol. The summed E-state index contributed by atoms with van der Waals surface area (Å²) >= 11 is 1.42. The van der Waals surface area contributed by atoms with Gasteiger partial charge in [0, 0.05) is 38.5 Å². The number of aromatic nitrogens is 1. The van der Waals surface area contributed by atoms with E-state index in [0.29, 0.717) is 4.80 Å².